The highest BCUT2D eigenvalue weighted by Crippen LogP contribution is 2.29. The molecule has 1 saturated heterocycles. The first-order valence-electron chi connectivity index (χ1n) is 7.48. The first kappa shape index (κ1) is 16.1. The van der Waals surface area contributed by atoms with Crippen LogP contribution in [0.2, 0.25) is 0 Å². The maximum atomic E-state index is 12.5. The normalized spacial score (nSPS) is 17.4. The molecule has 0 saturated carbocycles. The van der Waals surface area contributed by atoms with Gasteiger partial charge in [0.2, 0.25) is 0 Å². The Morgan fingerprint density at radius 3 is 2.50 bits per heavy atom. The number of likely N-dealkylation sites (tertiary alicyclic amines) is 1. The largest absolute Gasteiger partial charge is 0.490 e. The van der Waals surface area contributed by atoms with E-state index in [0.717, 1.165) is 0 Å². The first-order chi connectivity index (χ1) is 10.6. The van der Waals surface area contributed by atoms with E-state index in [1.807, 2.05) is 13.8 Å². The van der Waals surface area contributed by atoms with Crippen molar-refractivity contribution >= 4 is 11.9 Å². The summed E-state index contributed by atoms with van der Waals surface area (Å²) in [7, 11) is 0. The van der Waals surface area contributed by atoms with Gasteiger partial charge in [-0.3, -0.25) is 9.59 Å². The molecule has 1 aromatic carbocycles. The molecule has 0 aromatic heterocycles. The Hall–Kier alpha value is -2.24. The number of benzene rings is 1. The Kier molecular flexibility index (Phi) is 5.25. The lowest BCUT2D eigenvalue weighted by Gasteiger charge is -2.17. The van der Waals surface area contributed by atoms with Crippen LogP contribution in [0.3, 0.4) is 0 Å². The van der Waals surface area contributed by atoms with Gasteiger partial charge >= 0.3 is 5.97 Å². The highest BCUT2D eigenvalue weighted by Gasteiger charge is 2.31. The van der Waals surface area contributed by atoms with E-state index in [0.29, 0.717) is 43.2 Å². The average molecular weight is 307 g/mol. The molecule has 6 nitrogen and oxygen atoms in total. The molecule has 2 rings (SSSR count). The summed E-state index contributed by atoms with van der Waals surface area (Å²) in [5.74, 6) is -0.363. The second-order valence-corrected chi connectivity index (χ2v) is 5.10. The van der Waals surface area contributed by atoms with Gasteiger partial charge in [-0.2, -0.15) is 0 Å². The lowest BCUT2D eigenvalue weighted by Crippen LogP contribution is -2.29. The van der Waals surface area contributed by atoms with Crippen molar-refractivity contribution in [1.82, 2.24) is 4.90 Å². The predicted molar refractivity (Wildman–Crippen MR) is 80.4 cm³/mol. The second kappa shape index (κ2) is 7.15. The number of ether oxygens (including phenoxy) is 2. The third-order valence-electron chi connectivity index (χ3n) is 3.62. The third-order valence-corrected chi connectivity index (χ3v) is 3.62. The summed E-state index contributed by atoms with van der Waals surface area (Å²) in [6.45, 7) is 5.45. The fourth-order valence-electron chi connectivity index (χ4n) is 2.51. The zero-order chi connectivity index (χ0) is 16.1. The Bertz CT molecular complexity index is 557. The standard InChI is InChI=1S/C16H21NO5/c1-3-21-13-6-5-11(9-14(13)22-4-2)15(18)17-8-7-12(10-17)16(19)20/h5-6,9,12H,3-4,7-8,10H2,1-2H3,(H,19,20)/t12-/m1/s1. The van der Waals surface area contributed by atoms with Crippen molar-refractivity contribution in [3.8, 4) is 11.5 Å². The minimum Gasteiger partial charge on any atom is -0.490 e. The van der Waals surface area contributed by atoms with Crippen molar-refractivity contribution in [3.05, 3.63) is 23.8 Å². The summed E-state index contributed by atoms with van der Waals surface area (Å²) < 4.78 is 11.0. The molecule has 22 heavy (non-hydrogen) atoms. The molecule has 0 radical (unpaired) electrons. The van der Waals surface area contributed by atoms with Crippen molar-refractivity contribution in [2.24, 2.45) is 5.92 Å². The highest BCUT2D eigenvalue weighted by molar-refractivity contribution is 5.95. The van der Waals surface area contributed by atoms with E-state index < -0.39 is 11.9 Å². The molecule has 1 aliphatic rings. The van der Waals surface area contributed by atoms with Crippen molar-refractivity contribution in [3.63, 3.8) is 0 Å². The number of carboxylic acids is 1. The monoisotopic (exact) mass is 307 g/mol. The third kappa shape index (κ3) is 3.50. The second-order valence-electron chi connectivity index (χ2n) is 5.10. The van der Waals surface area contributed by atoms with Crippen LogP contribution in [0.4, 0.5) is 0 Å². The van der Waals surface area contributed by atoms with Crippen LogP contribution in [0, 0.1) is 5.92 Å². The zero-order valence-electron chi connectivity index (χ0n) is 12.9. The molecule has 0 spiro atoms. The Labute approximate surface area is 129 Å². The minimum absolute atomic E-state index is 0.173. The van der Waals surface area contributed by atoms with Gasteiger partial charge in [0.25, 0.3) is 5.91 Å². The van der Waals surface area contributed by atoms with Crippen LogP contribution in [0.5, 0.6) is 11.5 Å². The van der Waals surface area contributed by atoms with Gasteiger partial charge in [0.05, 0.1) is 19.1 Å². The van der Waals surface area contributed by atoms with E-state index in [1.165, 1.54) is 0 Å². The van der Waals surface area contributed by atoms with E-state index >= 15 is 0 Å². The molecular weight excluding hydrogens is 286 g/mol. The van der Waals surface area contributed by atoms with Gasteiger partial charge in [-0.15, -0.1) is 0 Å². The molecule has 6 heteroatoms. The number of rotatable bonds is 6. The van der Waals surface area contributed by atoms with Gasteiger partial charge in [-0.05, 0) is 38.5 Å². The first-order valence-corrected chi connectivity index (χ1v) is 7.48. The number of carboxylic acid groups (broad SMARTS) is 1. The molecule has 0 unspecified atom stereocenters. The number of carbonyl (C=O) groups excluding carboxylic acids is 1. The number of carbonyl (C=O) groups is 2. The summed E-state index contributed by atoms with van der Waals surface area (Å²) in [6.07, 6.45) is 0.496. The fourth-order valence-corrected chi connectivity index (χ4v) is 2.51. The van der Waals surface area contributed by atoms with Gasteiger partial charge in [0.1, 0.15) is 0 Å². The number of nitrogens with zero attached hydrogens (tertiary/aromatic N) is 1. The van der Waals surface area contributed by atoms with Crippen LogP contribution in [-0.2, 0) is 4.79 Å². The minimum atomic E-state index is -0.850. The SMILES string of the molecule is CCOc1ccc(C(=O)N2CC[C@@H](C(=O)O)C2)cc1OCC. The van der Waals surface area contributed by atoms with Crippen molar-refractivity contribution in [2.75, 3.05) is 26.3 Å². The maximum Gasteiger partial charge on any atom is 0.308 e. The van der Waals surface area contributed by atoms with Crippen molar-refractivity contribution < 1.29 is 24.2 Å². The molecule has 0 aliphatic carbocycles. The summed E-state index contributed by atoms with van der Waals surface area (Å²) in [5, 5.41) is 9.02. The van der Waals surface area contributed by atoms with Crippen LogP contribution in [0.1, 0.15) is 30.6 Å². The lowest BCUT2D eigenvalue weighted by molar-refractivity contribution is -0.141. The van der Waals surface area contributed by atoms with Gasteiger partial charge in [0, 0.05) is 18.7 Å². The van der Waals surface area contributed by atoms with Gasteiger partial charge < -0.3 is 19.5 Å². The van der Waals surface area contributed by atoms with Gasteiger partial charge in [-0.25, -0.2) is 0 Å². The van der Waals surface area contributed by atoms with Gasteiger partial charge in [0.15, 0.2) is 11.5 Å². The molecule has 1 atom stereocenters. The number of amides is 1. The van der Waals surface area contributed by atoms with E-state index in [1.54, 1.807) is 23.1 Å². The fraction of sp³-hybridized carbons (Fsp3) is 0.500. The molecule has 1 aliphatic heterocycles. The van der Waals surface area contributed by atoms with Crippen LogP contribution in [0.15, 0.2) is 18.2 Å². The summed E-state index contributed by atoms with van der Waals surface area (Å²) in [6, 6.07) is 5.06. The van der Waals surface area contributed by atoms with Crippen LogP contribution < -0.4 is 9.47 Å². The van der Waals surface area contributed by atoms with E-state index in [2.05, 4.69) is 0 Å². The molecule has 0 bridgehead atoms. The summed E-state index contributed by atoms with van der Waals surface area (Å²) >= 11 is 0. The Morgan fingerprint density at radius 2 is 1.91 bits per heavy atom. The number of aliphatic carboxylic acids is 1. The number of hydrogen-bond donors (Lipinski definition) is 1. The van der Waals surface area contributed by atoms with Crippen LogP contribution >= 0.6 is 0 Å². The van der Waals surface area contributed by atoms with Gasteiger partial charge in [-0.1, -0.05) is 0 Å². The van der Waals surface area contributed by atoms with E-state index in [-0.39, 0.29) is 12.5 Å². The average Bonchev–Trinajstić information content (AvgIpc) is 2.99. The summed E-state index contributed by atoms with van der Waals surface area (Å²) in [4.78, 5) is 25.0. The summed E-state index contributed by atoms with van der Waals surface area (Å²) in [5.41, 5.74) is 0.484. The van der Waals surface area contributed by atoms with Crippen molar-refractivity contribution in [2.45, 2.75) is 20.3 Å². The molecule has 1 aromatic rings. The van der Waals surface area contributed by atoms with E-state index in [4.69, 9.17) is 14.6 Å². The molecule has 1 amide bonds. The van der Waals surface area contributed by atoms with Crippen LogP contribution in [-0.4, -0.2) is 48.2 Å². The Balaban J connectivity index is 2.16. The topological polar surface area (TPSA) is 76.1 Å². The molecular formula is C16H21NO5. The molecule has 1 N–H and O–H groups in total. The quantitative estimate of drug-likeness (QED) is 0.870. The van der Waals surface area contributed by atoms with Crippen LogP contribution in [0.25, 0.3) is 0 Å². The molecule has 1 fully saturated rings. The molecule has 120 valence electrons. The maximum absolute atomic E-state index is 12.5. The van der Waals surface area contributed by atoms with Crippen molar-refractivity contribution in [1.29, 1.82) is 0 Å². The molecule has 1 heterocycles. The number of hydrogen-bond acceptors (Lipinski definition) is 4. The zero-order valence-corrected chi connectivity index (χ0v) is 12.9. The lowest BCUT2D eigenvalue weighted by atomic mass is 10.1. The highest BCUT2D eigenvalue weighted by atomic mass is 16.5. The smallest absolute Gasteiger partial charge is 0.308 e. The Morgan fingerprint density at radius 1 is 1.23 bits per heavy atom. The van der Waals surface area contributed by atoms with E-state index in [9.17, 15) is 9.59 Å². The predicted octanol–water partition coefficient (Wildman–Crippen LogP) is 2.03.